The van der Waals surface area contributed by atoms with Crippen LogP contribution in [0, 0.1) is 0 Å². The third-order valence-corrected chi connectivity index (χ3v) is 3.53. The Morgan fingerprint density at radius 3 is 1.90 bits per heavy atom. The molecule has 0 atom stereocenters. The zero-order chi connectivity index (χ0) is 15.2. The maximum Gasteiger partial charge on any atom is 0.0891 e. The molecule has 0 fully saturated rings. The molecule has 0 saturated heterocycles. The summed E-state index contributed by atoms with van der Waals surface area (Å²) >= 11 is 0. The van der Waals surface area contributed by atoms with Gasteiger partial charge in [0, 0.05) is 6.42 Å². The first-order chi connectivity index (χ1) is 9.56. The number of allylic oxidation sites excluding steroid dienone is 3. The van der Waals surface area contributed by atoms with E-state index in [0.29, 0.717) is 6.42 Å². The van der Waals surface area contributed by atoms with Crippen molar-refractivity contribution in [1.82, 2.24) is 0 Å². The van der Waals surface area contributed by atoms with Crippen LogP contribution in [0.25, 0.3) is 0 Å². The third kappa shape index (κ3) is 13.5. The molecule has 0 rings (SSSR count). The summed E-state index contributed by atoms with van der Waals surface area (Å²) in [6.07, 6.45) is 16.0. The summed E-state index contributed by atoms with van der Waals surface area (Å²) in [5.74, 6) is 0.231. The lowest BCUT2D eigenvalue weighted by atomic mass is 10.0. The molecule has 20 heavy (non-hydrogen) atoms. The second-order valence-electron chi connectivity index (χ2n) is 5.97. The van der Waals surface area contributed by atoms with E-state index >= 15 is 0 Å². The Bertz CT molecular complexity index is 299. The Morgan fingerprint density at radius 1 is 0.900 bits per heavy atom. The Hall–Kier alpha value is -0.980. The first kappa shape index (κ1) is 19.0. The highest BCUT2D eigenvalue weighted by molar-refractivity contribution is 5.21. The van der Waals surface area contributed by atoms with E-state index in [9.17, 15) is 0 Å². The second kappa shape index (κ2) is 13.0. The van der Waals surface area contributed by atoms with Gasteiger partial charge >= 0.3 is 0 Å². The zero-order valence-electron chi connectivity index (χ0n) is 13.7. The average molecular weight is 278 g/mol. The van der Waals surface area contributed by atoms with Gasteiger partial charge in [-0.1, -0.05) is 88.7 Å². The largest absolute Gasteiger partial charge is 0.513 e. The molecule has 116 valence electrons. The van der Waals surface area contributed by atoms with Crippen LogP contribution < -0.4 is 0 Å². The quantitative estimate of drug-likeness (QED) is 0.221. The van der Waals surface area contributed by atoms with Crippen LogP contribution in [-0.4, -0.2) is 5.11 Å². The van der Waals surface area contributed by atoms with Gasteiger partial charge in [-0.2, -0.15) is 0 Å². The molecule has 0 saturated carbocycles. The molecule has 0 amide bonds. The molecule has 0 aromatic rings. The monoisotopic (exact) mass is 278 g/mol. The van der Waals surface area contributed by atoms with Gasteiger partial charge in [-0.05, 0) is 19.8 Å². The number of unbranched alkanes of at least 4 members (excludes halogenated alkanes) is 8. The van der Waals surface area contributed by atoms with Gasteiger partial charge in [0.2, 0.25) is 0 Å². The minimum atomic E-state index is 0.231. The number of aliphatic hydroxyl groups excluding tert-OH is 1. The van der Waals surface area contributed by atoms with E-state index in [1.165, 1.54) is 63.4 Å². The molecule has 0 unspecified atom stereocenters. The lowest BCUT2D eigenvalue weighted by Crippen LogP contribution is -1.85. The van der Waals surface area contributed by atoms with E-state index < -0.39 is 0 Å². The molecular weight excluding hydrogens is 244 g/mol. The van der Waals surface area contributed by atoms with Gasteiger partial charge in [0.15, 0.2) is 0 Å². The van der Waals surface area contributed by atoms with Crippen molar-refractivity contribution in [3.8, 4) is 0 Å². The third-order valence-electron chi connectivity index (χ3n) is 3.53. The van der Waals surface area contributed by atoms with Crippen LogP contribution in [0.2, 0.25) is 0 Å². The number of aliphatic hydroxyl groups is 1. The van der Waals surface area contributed by atoms with Crippen LogP contribution in [0.4, 0.5) is 0 Å². The highest BCUT2D eigenvalue weighted by Crippen LogP contribution is 2.15. The highest BCUT2D eigenvalue weighted by atomic mass is 16.3. The normalized spacial score (nSPS) is 11.6. The molecule has 1 heteroatoms. The summed E-state index contributed by atoms with van der Waals surface area (Å²) in [5, 5.41) is 9.12. The van der Waals surface area contributed by atoms with Crippen LogP contribution in [0.1, 0.15) is 84.5 Å². The smallest absolute Gasteiger partial charge is 0.0891 e. The summed E-state index contributed by atoms with van der Waals surface area (Å²) in [7, 11) is 0. The van der Waals surface area contributed by atoms with Crippen molar-refractivity contribution in [1.29, 1.82) is 0 Å². The first-order valence-corrected chi connectivity index (χ1v) is 8.28. The molecule has 0 spiro atoms. The number of hydrogen-bond donors (Lipinski definition) is 1. The Morgan fingerprint density at radius 2 is 1.40 bits per heavy atom. The zero-order valence-corrected chi connectivity index (χ0v) is 13.7. The van der Waals surface area contributed by atoms with Crippen LogP contribution in [0.15, 0.2) is 36.1 Å². The molecule has 0 aromatic carbocycles. The van der Waals surface area contributed by atoms with E-state index in [1.807, 2.05) is 6.92 Å². The molecule has 0 aliphatic heterocycles. The van der Waals surface area contributed by atoms with Gasteiger partial charge < -0.3 is 5.11 Å². The molecule has 0 aromatic heterocycles. The van der Waals surface area contributed by atoms with Gasteiger partial charge in [-0.3, -0.25) is 0 Å². The average Bonchev–Trinajstić information content (AvgIpc) is 2.35. The highest BCUT2D eigenvalue weighted by Gasteiger charge is 1.97. The van der Waals surface area contributed by atoms with E-state index in [0.717, 1.165) is 12.0 Å². The van der Waals surface area contributed by atoms with Crippen LogP contribution >= 0.6 is 0 Å². The Balaban J connectivity index is 3.46. The minimum absolute atomic E-state index is 0.231. The van der Waals surface area contributed by atoms with E-state index in [2.05, 4.69) is 26.2 Å². The maximum absolute atomic E-state index is 9.12. The van der Waals surface area contributed by atoms with Crippen molar-refractivity contribution in [2.24, 2.45) is 0 Å². The Labute approximate surface area is 126 Å². The minimum Gasteiger partial charge on any atom is -0.513 e. The lowest BCUT2D eigenvalue weighted by Gasteiger charge is -2.04. The fourth-order valence-corrected chi connectivity index (χ4v) is 2.46. The standard InChI is InChI=1S/C19H34O/c1-5-6-7-8-9-10-11-12-13-14-17(2)15-18(3)16-19(4)20/h15,20H,2,4-14,16H2,1,3H3/b18-15+. The molecule has 0 radical (unpaired) electrons. The van der Waals surface area contributed by atoms with Gasteiger partial charge in [0.1, 0.15) is 0 Å². The lowest BCUT2D eigenvalue weighted by molar-refractivity contribution is 0.401. The van der Waals surface area contributed by atoms with Crippen LogP contribution in [0.3, 0.4) is 0 Å². The van der Waals surface area contributed by atoms with Crippen molar-refractivity contribution < 1.29 is 5.11 Å². The predicted molar refractivity (Wildman–Crippen MR) is 91.1 cm³/mol. The van der Waals surface area contributed by atoms with Crippen molar-refractivity contribution in [3.05, 3.63) is 36.1 Å². The van der Waals surface area contributed by atoms with Crippen molar-refractivity contribution in [2.45, 2.75) is 84.5 Å². The van der Waals surface area contributed by atoms with Gasteiger partial charge in [-0.25, -0.2) is 0 Å². The molecule has 0 bridgehead atoms. The fraction of sp³-hybridized carbons (Fsp3) is 0.684. The molecule has 0 heterocycles. The second-order valence-corrected chi connectivity index (χ2v) is 5.97. The summed E-state index contributed by atoms with van der Waals surface area (Å²) in [6.45, 7) is 11.9. The van der Waals surface area contributed by atoms with E-state index in [1.54, 1.807) is 0 Å². The summed E-state index contributed by atoms with van der Waals surface area (Å²) in [5.41, 5.74) is 2.31. The molecular formula is C19H34O. The van der Waals surface area contributed by atoms with Gasteiger partial charge in [0.05, 0.1) is 5.76 Å². The molecule has 0 aliphatic carbocycles. The van der Waals surface area contributed by atoms with Gasteiger partial charge in [0.25, 0.3) is 0 Å². The topological polar surface area (TPSA) is 20.2 Å². The number of rotatable bonds is 13. The molecule has 1 nitrogen and oxygen atoms in total. The summed E-state index contributed by atoms with van der Waals surface area (Å²) in [6, 6.07) is 0. The van der Waals surface area contributed by atoms with E-state index in [4.69, 9.17) is 5.11 Å². The van der Waals surface area contributed by atoms with Crippen molar-refractivity contribution in [2.75, 3.05) is 0 Å². The fourth-order valence-electron chi connectivity index (χ4n) is 2.46. The van der Waals surface area contributed by atoms with E-state index in [-0.39, 0.29) is 5.76 Å². The Kier molecular flexibility index (Phi) is 12.4. The number of hydrogen-bond acceptors (Lipinski definition) is 1. The predicted octanol–water partition coefficient (Wildman–Crippen LogP) is 6.87. The SMILES string of the molecule is C=C(O)C/C(C)=C/C(=C)CCCCCCCCCCC. The summed E-state index contributed by atoms with van der Waals surface area (Å²) < 4.78 is 0. The molecule has 0 aliphatic rings. The van der Waals surface area contributed by atoms with Gasteiger partial charge in [-0.15, -0.1) is 0 Å². The van der Waals surface area contributed by atoms with Crippen LogP contribution in [0.5, 0.6) is 0 Å². The van der Waals surface area contributed by atoms with Crippen molar-refractivity contribution >= 4 is 0 Å². The van der Waals surface area contributed by atoms with Crippen LogP contribution in [-0.2, 0) is 0 Å². The first-order valence-electron chi connectivity index (χ1n) is 8.28. The maximum atomic E-state index is 9.12. The van der Waals surface area contributed by atoms with Crippen molar-refractivity contribution in [3.63, 3.8) is 0 Å². The molecule has 1 N–H and O–H groups in total. The summed E-state index contributed by atoms with van der Waals surface area (Å²) in [4.78, 5) is 0.